The number of aromatic nitrogens is 4. The highest BCUT2D eigenvalue weighted by atomic mass is 35.5. The highest BCUT2D eigenvalue weighted by Crippen LogP contribution is 2.26. The molecule has 0 aromatic heterocycles. The predicted molar refractivity (Wildman–Crippen MR) is 82.9 cm³/mol. The molecule has 0 bridgehead atoms. The van der Waals surface area contributed by atoms with Gasteiger partial charge in [0.25, 0.3) is 0 Å². The lowest BCUT2D eigenvalue weighted by Gasteiger charge is -2.11. The fraction of sp³-hybridized carbons (Fsp3) is 0.0769. The molecule has 2 aliphatic heterocycles. The van der Waals surface area contributed by atoms with Gasteiger partial charge in [-0.05, 0) is 24.3 Å². The van der Waals surface area contributed by atoms with E-state index in [4.69, 9.17) is 22.7 Å². The lowest BCUT2D eigenvalue weighted by Crippen LogP contribution is -2.20. The van der Waals surface area contributed by atoms with E-state index < -0.39 is 0 Å². The number of nitrogens with zero attached hydrogens (tertiary/aromatic N) is 4. The topological polar surface area (TPSA) is 114 Å². The van der Waals surface area contributed by atoms with Crippen LogP contribution in [0.15, 0.2) is 35.4 Å². The molecule has 2 aliphatic rings. The first-order valence-corrected chi connectivity index (χ1v) is 7.57. The Bertz CT molecular complexity index is 850. The summed E-state index contributed by atoms with van der Waals surface area (Å²) in [5.41, 5.74) is 6.36. The molecule has 0 fully saturated rings. The summed E-state index contributed by atoms with van der Waals surface area (Å²) in [7, 11) is 0. The number of halogens is 1. The minimum Gasteiger partial charge on any atom is -0.427 e. The van der Waals surface area contributed by atoms with Crippen LogP contribution in [0.2, 0.25) is 5.02 Å². The summed E-state index contributed by atoms with van der Waals surface area (Å²) in [5.74, 6) is 0.703. The van der Waals surface area contributed by atoms with Crippen LogP contribution in [-0.2, 0) is 5.75 Å². The van der Waals surface area contributed by atoms with E-state index in [0.717, 1.165) is 9.63 Å². The minimum absolute atomic E-state index is 0.0659. The van der Waals surface area contributed by atoms with Crippen molar-refractivity contribution in [2.75, 3.05) is 5.73 Å². The third-order valence-electron chi connectivity index (χ3n) is 2.84. The first-order chi connectivity index (χ1) is 10.5. The molecule has 1 aromatic carbocycles. The van der Waals surface area contributed by atoms with Gasteiger partial charge in [-0.15, -0.1) is 11.8 Å². The van der Waals surface area contributed by atoms with Crippen LogP contribution in [0.3, 0.4) is 0 Å². The quantitative estimate of drug-likeness (QED) is 0.499. The van der Waals surface area contributed by atoms with Crippen molar-refractivity contribution < 1.29 is 5.21 Å². The van der Waals surface area contributed by atoms with Gasteiger partial charge in [0.15, 0.2) is 11.5 Å². The molecular weight excluding hydrogens is 324 g/mol. The van der Waals surface area contributed by atoms with Crippen LogP contribution in [0.5, 0.6) is 0 Å². The Morgan fingerprint density at radius 2 is 1.95 bits per heavy atom. The van der Waals surface area contributed by atoms with Crippen LogP contribution in [0.4, 0.5) is 5.82 Å². The molecule has 0 radical (unpaired) electrons. The summed E-state index contributed by atoms with van der Waals surface area (Å²) in [6.45, 7) is 0. The van der Waals surface area contributed by atoms with Crippen LogP contribution in [-0.4, -0.2) is 24.9 Å². The highest BCUT2D eigenvalue weighted by molar-refractivity contribution is 7.98. The maximum atomic E-state index is 9.96. The van der Waals surface area contributed by atoms with Gasteiger partial charge in [-0.3, -0.25) is 5.41 Å². The first-order valence-electron chi connectivity index (χ1n) is 6.21. The van der Waals surface area contributed by atoms with Gasteiger partial charge in [-0.1, -0.05) is 11.6 Å². The van der Waals surface area contributed by atoms with E-state index in [1.807, 2.05) is 24.3 Å². The lowest BCUT2D eigenvalue weighted by molar-refractivity contribution is 0.184. The second kappa shape index (κ2) is 5.82. The smallest absolute Gasteiger partial charge is 0.246 e. The minimum atomic E-state index is -0.266. The molecule has 0 saturated carbocycles. The second-order valence-electron chi connectivity index (χ2n) is 4.42. The molecule has 0 unspecified atom stereocenters. The van der Waals surface area contributed by atoms with Gasteiger partial charge < -0.3 is 10.9 Å². The van der Waals surface area contributed by atoms with Crippen molar-refractivity contribution in [2.24, 2.45) is 0 Å². The number of nitrogen functional groups attached to an aromatic ring is 1. The normalized spacial score (nSPS) is 11.0. The van der Waals surface area contributed by atoms with E-state index >= 15 is 0 Å². The predicted octanol–water partition coefficient (Wildman–Crippen LogP) is 2.02. The Kier molecular flexibility index (Phi) is 3.86. The van der Waals surface area contributed by atoms with Crippen LogP contribution in [0, 0.1) is 5.41 Å². The van der Waals surface area contributed by atoms with Gasteiger partial charge in [0.1, 0.15) is 0 Å². The number of nitrogens with one attached hydrogen (secondary N) is 1. The van der Waals surface area contributed by atoms with E-state index in [1.165, 1.54) is 6.20 Å². The molecule has 0 amide bonds. The third-order valence-corrected chi connectivity index (χ3v) is 4.13. The van der Waals surface area contributed by atoms with Crippen LogP contribution >= 0.6 is 23.4 Å². The number of thioether (sulfide) groups is 1. The van der Waals surface area contributed by atoms with Crippen LogP contribution in [0.1, 0.15) is 5.69 Å². The van der Waals surface area contributed by atoms with Gasteiger partial charge in [-0.25, -0.2) is 4.98 Å². The van der Waals surface area contributed by atoms with Crippen molar-refractivity contribution in [3.63, 3.8) is 0 Å². The fourth-order valence-corrected chi connectivity index (χ4v) is 2.77. The Labute approximate surface area is 134 Å². The number of nitrogens with two attached hydrogens (primary N) is 1. The van der Waals surface area contributed by atoms with Gasteiger partial charge in [0.05, 0.1) is 11.9 Å². The average Bonchev–Trinajstić information content (AvgIpc) is 2.48. The van der Waals surface area contributed by atoms with Crippen LogP contribution < -0.4 is 11.4 Å². The SMILES string of the molecule is N=c1nc(N)c2nc(CSc3ccc(Cl)cc3)cn(O)c-2n1. The molecule has 112 valence electrons. The summed E-state index contributed by atoms with van der Waals surface area (Å²) < 4.78 is 0.816. The zero-order valence-corrected chi connectivity index (χ0v) is 12.8. The van der Waals surface area contributed by atoms with E-state index in [9.17, 15) is 5.21 Å². The summed E-state index contributed by atoms with van der Waals surface area (Å²) in [6.07, 6.45) is 1.44. The zero-order chi connectivity index (χ0) is 15.7. The molecule has 0 atom stereocenters. The first kappa shape index (κ1) is 14.6. The summed E-state index contributed by atoms with van der Waals surface area (Å²) in [6, 6.07) is 7.44. The molecule has 22 heavy (non-hydrogen) atoms. The lowest BCUT2D eigenvalue weighted by atomic mass is 10.3. The zero-order valence-electron chi connectivity index (χ0n) is 11.2. The second-order valence-corrected chi connectivity index (χ2v) is 5.91. The van der Waals surface area contributed by atoms with Crippen molar-refractivity contribution in [1.29, 1.82) is 5.41 Å². The number of rotatable bonds is 3. The standard InChI is InChI=1S/C13H11ClN6OS/c14-7-1-3-9(4-2-7)22-6-8-5-20(21)12-10(17-8)11(15)18-13(16)19-12/h1-5,21H,6H2,(H3,15,16,18). The monoisotopic (exact) mass is 334 g/mol. The Morgan fingerprint density at radius 1 is 1.23 bits per heavy atom. The summed E-state index contributed by atoms with van der Waals surface area (Å²) in [4.78, 5) is 12.9. The Hall–Kier alpha value is -2.32. The van der Waals surface area contributed by atoms with Crippen molar-refractivity contribution in [3.8, 4) is 11.5 Å². The molecule has 1 aromatic rings. The molecule has 2 heterocycles. The van der Waals surface area contributed by atoms with E-state index in [-0.39, 0.29) is 23.0 Å². The molecule has 4 N–H and O–H groups in total. The fourth-order valence-electron chi connectivity index (χ4n) is 1.86. The molecule has 0 aliphatic carbocycles. The Morgan fingerprint density at radius 3 is 2.68 bits per heavy atom. The van der Waals surface area contributed by atoms with Crippen molar-refractivity contribution in [1.82, 2.24) is 19.7 Å². The number of fused-ring (bicyclic) bond motifs is 1. The van der Waals surface area contributed by atoms with Crippen molar-refractivity contribution in [2.45, 2.75) is 10.6 Å². The van der Waals surface area contributed by atoms with Gasteiger partial charge in [-0.2, -0.15) is 14.7 Å². The summed E-state index contributed by atoms with van der Waals surface area (Å²) >= 11 is 7.39. The summed E-state index contributed by atoms with van der Waals surface area (Å²) in [5, 5.41) is 18.0. The maximum Gasteiger partial charge on any atom is 0.246 e. The van der Waals surface area contributed by atoms with Crippen LogP contribution in [0.25, 0.3) is 11.5 Å². The number of benzene rings is 1. The van der Waals surface area contributed by atoms with E-state index in [2.05, 4.69) is 15.0 Å². The highest BCUT2D eigenvalue weighted by Gasteiger charge is 2.16. The molecule has 3 rings (SSSR count). The third kappa shape index (κ3) is 2.97. The molecule has 7 nitrogen and oxygen atoms in total. The molecule has 9 heteroatoms. The largest absolute Gasteiger partial charge is 0.427 e. The molecular formula is C13H11ClN6OS. The van der Waals surface area contributed by atoms with Gasteiger partial charge in [0.2, 0.25) is 11.4 Å². The van der Waals surface area contributed by atoms with Crippen molar-refractivity contribution in [3.05, 3.63) is 46.8 Å². The number of hydrogen-bond donors (Lipinski definition) is 3. The maximum absolute atomic E-state index is 9.96. The molecule has 0 saturated heterocycles. The Balaban J connectivity index is 1.90. The molecule has 0 spiro atoms. The average molecular weight is 335 g/mol. The van der Waals surface area contributed by atoms with E-state index in [1.54, 1.807) is 11.8 Å². The van der Waals surface area contributed by atoms with Crippen molar-refractivity contribution >= 4 is 29.2 Å². The van der Waals surface area contributed by atoms with E-state index in [0.29, 0.717) is 16.5 Å². The number of hydrogen-bond acceptors (Lipinski definition) is 7. The van der Waals surface area contributed by atoms with Gasteiger partial charge in [0, 0.05) is 15.7 Å². The number of anilines is 1. The van der Waals surface area contributed by atoms with Gasteiger partial charge >= 0.3 is 0 Å².